The molecule has 0 saturated carbocycles. The van der Waals surface area contributed by atoms with Crippen LogP contribution in [-0.4, -0.2) is 39.5 Å². The third-order valence-electron chi connectivity index (χ3n) is 2.51. The fraction of sp³-hybridized carbons (Fsp3) is 0.636. The highest BCUT2D eigenvalue weighted by atomic mass is 79.9. The van der Waals surface area contributed by atoms with E-state index in [0.29, 0.717) is 5.69 Å². The maximum atomic E-state index is 11.9. The highest BCUT2D eigenvalue weighted by Gasteiger charge is 2.14. The Bertz CT molecular complexity index is 338. The lowest BCUT2D eigenvalue weighted by Crippen LogP contribution is -2.29. The minimum Gasteiger partial charge on any atom is -0.340 e. The van der Waals surface area contributed by atoms with Crippen molar-refractivity contribution < 1.29 is 4.79 Å². The average Bonchev–Trinajstić information content (AvgIpc) is 2.69. The van der Waals surface area contributed by atoms with Crippen LogP contribution in [0.25, 0.3) is 0 Å². The molecule has 0 fully saturated rings. The number of hydrogen-bond acceptors (Lipinski definition) is 2. The Morgan fingerprint density at radius 3 is 2.81 bits per heavy atom. The summed E-state index contributed by atoms with van der Waals surface area (Å²) in [5, 5.41) is 5.03. The lowest BCUT2D eigenvalue weighted by atomic mass is 10.2. The lowest BCUT2D eigenvalue weighted by molar-refractivity contribution is 0.0782. The molecule has 0 N–H and O–H groups in total. The van der Waals surface area contributed by atoms with Crippen LogP contribution in [0.3, 0.4) is 0 Å². The van der Waals surface area contributed by atoms with E-state index in [1.807, 2.05) is 7.05 Å². The highest BCUT2D eigenvalue weighted by molar-refractivity contribution is 9.09. The van der Waals surface area contributed by atoms with E-state index >= 15 is 0 Å². The number of carbonyl (C=O) groups is 1. The van der Waals surface area contributed by atoms with E-state index in [-0.39, 0.29) is 5.91 Å². The molecule has 0 aliphatic rings. The number of aryl methyl sites for hydroxylation is 1. The summed E-state index contributed by atoms with van der Waals surface area (Å²) in [6.45, 7) is 0.803. The van der Waals surface area contributed by atoms with Crippen LogP contribution in [0.2, 0.25) is 0 Å². The van der Waals surface area contributed by atoms with Crippen LogP contribution in [0, 0.1) is 0 Å². The molecule has 0 aliphatic heterocycles. The molecule has 90 valence electrons. The van der Waals surface area contributed by atoms with Crippen molar-refractivity contribution in [2.45, 2.75) is 19.3 Å². The predicted molar refractivity (Wildman–Crippen MR) is 67.8 cm³/mol. The van der Waals surface area contributed by atoms with Gasteiger partial charge in [0.1, 0.15) is 5.69 Å². The van der Waals surface area contributed by atoms with E-state index in [2.05, 4.69) is 21.0 Å². The minimum absolute atomic E-state index is 0.0406. The molecule has 1 amide bonds. The summed E-state index contributed by atoms with van der Waals surface area (Å²) >= 11 is 3.39. The van der Waals surface area contributed by atoms with Gasteiger partial charge in [0.05, 0.1) is 0 Å². The Balaban J connectivity index is 2.40. The summed E-state index contributed by atoms with van der Waals surface area (Å²) in [5.74, 6) is 0.0406. The Hall–Kier alpha value is -0.840. The standard InChI is InChI=1S/C11H18BrN3O/c1-14(9-5-3-4-7-12)11(16)10-6-8-13-15(10)2/h6,8H,3-5,7,9H2,1-2H3. The van der Waals surface area contributed by atoms with E-state index in [9.17, 15) is 4.79 Å². The third kappa shape index (κ3) is 3.63. The van der Waals surface area contributed by atoms with Crippen molar-refractivity contribution in [3.63, 3.8) is 0 Å². The number of nitrogens with zero attached hydrogens (tertiary/aromatic N) is 3. The Kier molecular flexibility index (Phi) is 5.52. The Morgan fingerprint density at radius 1 is 1.50 bits per heavy atom. The van der Waals surface area contributed by atoms with Crippen molar-refractivity contribution >= 4 is 21.8 Å². The van der Waals surface area contributed by atoms with Crippen LogP contribution < -0.4 is 0 Å². The van der Waals surface area contributed by atoms with Gasteiger partial charge in [-0.1, -0.05) is 22.4 Å². The monoisotopic (exact) mass is 287 g/mol. The fourth-order valence-electron chi connectivity index (χ4n) is 1.50. The molecular formula is C11H18BrN3O. The van der Waals surface area contributed by atoms with Crippen LogP contribution in [0.5, 0.6) is 0 Å². The molecule has 4 nitrogen and oxygen atoms in total. The Morgan fingerprint density at radius 2 is 2.25 bits per heavy atom. The van der Waals surface area contributed by atoms with Crippen LogP contribution in [0.1, 0.15) is 29.8 Å². The van der Waals surface area contributed by atoms with Gasteiger partial charge in [0, 0.05) is 32.2 Å². The van der Waals surface area contributed by atoms with E-state index in [1.54, 1.807) is 28.9 Å². The van der Waals surface area contributed by atoms with Gasteiger partial charge in [-0.2, -0.15) is 5.10 Å². The normalized spacial score (nSPS) is 10.4. The second-order valence-corrected chi connectivity index (χ2v) is 4.61. The maximum absolute atomic E-state index is 11.9. The van der Waals surface area contributed by atoms with Gasteiger partial charge >= 0.3 is 0 Å². The number of hydrogen-bond donors (Lipinski definition) is 0. The molecule has 0 spiro atoms. The van der Waals surface area contributed by atoms with Gasteiger partial charge in [-0.3, -0.25) is 9.48 Å². The first-order chi connectivity index (χ1) is 7.66. The van der Waals surface area contributed by atoms with E-state index in [1.165, 1.54) is 0 Å². The van der Waals surface area contributed by atoms with Crippen molar-refractivity contribution in [1.82, 2.24) is 14.7 Å². The molecule has 5 heteroatoms. The molecule has 0 aromatic carbocycles. The van der Waals surface area contributed by atoms with Crippen molar-refractivity contribution in [3.05, 3.63) is 18.0 Å². The van der Waals surface area contributed by atoms with Crippen molar-refractivity contribution in [3.8, 4) is 0 Å². The molecule has 1 heterocycles. The van der Waals surface area contributed by atoms with Gasteiger partial charge in [-0.25, -0.2) is 0 Å². The van der Waals surface area contributed by atoms with Crippen LogP contribution in [0.15, 0.2) is 12.3 Å². The van der Waals surface area contributed by atoms with Crippen LogP contribution in [-0.2, 0) is 7.05 Å². The van der Waals surface area contributed by atoms with Gasteiger partial charge in [0.25, 0.3) is 5.91 Å². The number of alkyl halides is 1. The van der Waals surface area contributed by atoms with Gasteiger partial charge in [0.15, 0.2) is 0 Å². The first kappa shape index (κ1) is 13.2. The summed E-state index contributed by atoms with van der Waals surface area (Å²) in [4.78, 5) is 13.7. The van der Waals surface area contributed by atoms with Crippen molar-refractivity contribution in [1.29, 1.82) is 0 Å². The quantitative estimate of drug-likeness (QED) is 0.593. The zero-order valence-electron chi connectivity index (χ0n) is 9.82. The number of amides is 1. The number of carbonyl (C=O) groups excluding carboxylic acids is 1. The summed E-state index contributed by atoms with van der Waals surface area (Å²) in [6, 6.07) is 1.75. The van der Waals surface area contributed by atoms with E-state index in [4.69, 9.17) is 0 Å². The second kappa shape index (κ2) is 6.68. The average molecular weight is 288 g/mol. The first-order valence-corrected chi connectivity index (χ1v) is 6.58. The molecule has 1 aromatic rings. The lowest BCUT2D eigenvalue weighted by Gasteiger charge is -2.16. The smallest absolute Gasteiger partial charge is 0.271 e. The highest BCUT2D eigenvalue weighted by Crippen LogP contribution is 2.04. The number of rotatable bonds is 6. The molecule has 16 heavy (non-hydrogen) atoms. The summed E-state index contributed by atoms with van der Waals surface area (Å²) in [7, 11) is 3.62. The molecule has 0 unspecified atom stereocenters. The fourth-order valence-corrected chi connectivity index (χ4v) is 1.90. The number of aromatic nitrogens is 2. The molecule has 0 bridgehead atoms. The first-order valence-electron chi connectivity index (χ1n) is 5.46. The second-order valence-electron chi connectivity index (χ2n) is 3.82. The minimum atomic E-state index is 0.0406. The van der Waals surface area contributed by atoms with Crippen molar-refractivity contribution in [2.24, 2.45) is 7.05 Å². The molecule has 1 aromatic heterocycles. The van der Waals surface area contributed by atoms with Gasteiger partial charge in [-0.15, -0.1) is 0 Å². The molecule has 0 saturated heterocycles. The third-order valence-corrected chi connectivity index (χ3v) is 3.07. The Labute approximate surface area is 105 Å². The van der Waals surface area contributed by atoms with Crippen LogP contribution >= 0.6 is 15.9 Å². The molecule has 0 radical (unpaired) electrons. The largest absolute Gasteiger partial charge is 0.340 e. The summed E-state index contributed by atoms with van der Waals surface area (Å²) < 4.78 is 1.61. The zero-order chi connectivity index (χ0) is 12.0. The van der Waals surface area contributed by atoms with E-state index in [0.717, 1.165) is 31.1 Å². The predicted octanol–water partition coefficient (Wildman–Crippen LogP) is 2.06. The van der Waals surface area contributed by atoms with Gasteiger partial charge in [0.2, 0.25) is 0 Å². The molecule has 0 atom stereocenters. The topological polar surface area (TPSA) is 38.1 Å². The zero-order valence-corrected chi connectivity index (χ0v) is 11.4. The summed E-state index contributed by atoms with van der Waals surface area (Å²) in [6.07, 6.45) is 5.00. The van der Waals surface area contributed by atoms with Crippen LogP contribution in [0.4, 0.5) is 0 Å². The number of unbranched alkanes of at least 4 members (excludes halogenated alkanes) is 2. The number of halogens is 1. The van der Waals surface area contributed by atoms with Crippen molar-refractivity contribution in [2.75, 3.05) is 18.9 Å². The molecule has 1 rings (SSSR count). The van der Waals surface area contributed by atoms with Gasteiger partial charge < -0.3 is 4.90 Å². The van der Waals surface area contributed by atoms with E-state index < -0.39 is 0 Å². The SMILES string of the molecule is CN(CCCCCBr)C(=O)c1ccnn1C. The molecular weight excluding hydrogens is 270 g/mol. The maximum Gasteiger partial charge on any atom is 0.271 e. The van der Waals surface area contributed by atoms with Gasteiger partial charge in [-0.05, 0) is 18.9 Å². The molecule has 0 aliphatic carbocycles. The summed E-state index contributed by atoms with van der Waals surface area (Å²) in [5.41, 5.74) is 0.642.